The lowest BCUT2D eigenvalue weighted by molar-refractivity contribution is 0.0999. The molecule has 0 spiro atoms. The van der Waals surface area contributed by atoms with E-state index in [9.17, 15) is 4.79 Å². The van der Waals surface area contributed by atoms with Gasteiger partial charge >= 0.3 is 0 Å². The van der Waals surface area contributed by atoms with Crippen molar-refractivity contribution in [3.8, 4) is 0 Å². The van der Waals surface area contributed by atoms with Gasteiger partial charge in [-0.15, -0.1) is 0 Å². The molecule has 1 aliphatic heterocycles. The van der Waals surface area contributed by atoms with E-state index in [1.807, 2.05) is 6.92 Å². The highest BCUT2D eigenvalue weighted by molar-refractivity contribution is 6.34. The van der Waals surface area contributed by atoms with Gasteiger partial charge in [-0.1, -0.05) is 24.6 Å². The Morgan fingerprint density at radius 2 is 2.29 bits per heavy atom. The molecule has 0 fully saturated rings. The van der Waals surface area contributed by atoms with Crippen LogP contribution in [0.2, 0.25) is 5.02 Å². The van der Waals surface area contributed by atoms with Crippen LogP contribution in [-0.2, 0) is 0 Å². The lowest BCUT2D eigenvalue weighted by atomic mass is 9.99. The van der Waals surface area contributed by atoms with E-state index >= 15 is 0 Å². The first-order valence-electron chi connectivity index (χ1n) is 4.60. The van der Waals surface area contributed by atoms with Gasteiger partial charge in [-0.05, 0) is 18.6 Å². The number of carbonyl (C=O) groups excluding carboxylic acids is 1. The van der Waals surface area contributed by atoms with Crippen molar-refractivity contribution < 1.29 is 4.79 Å². The van der Waals surface area contributed by atoms with Crippen LogP contribution in [-0.4, -0.2) is 11.5 Å². The molecule has 0 amide bonds. The summed E-state index contributed by atoms with van der Waals surface area (Å²) >= 11 is 5.97. The van der Waals surface area contributed by atoms with Gasteiger partial charge in [0.1, 0.15) is 0 Å². The van der Waals surface area contributed by atoms with Crippen LogP contribution in [0.15, 0.2) is 23.2 Å². The molecule has 3 heteroatoms. The Bertz CT molecular complexity index is 423. The Hall–Kier alpha value is -1.15. The van der Waals surface area contributed by atoms with Crippen molar-refractivity contribution in [3.63, 3.8) is 0 Å². The quantitative estimate of drug-likeness (QED) is 0.694. The molecule has 0 N–H and O–H groups in total. The molecule has 0 unspecified atom stereocenters. The van der Waals surface area contributed by atoms with Crippen LogP contribution in [0.1, 0.15) is 30.1 Å². The van der Waals surface area contributed by atoms with Crippen molar-refractivity contribution in [2.75, 3.05) is 0 Å². The molecule has 0 radical (unpaired) electrons. The highest BCUT2D eigenvalue weighted by Gasteiger charge is 2.20. The number of nitrogens with zero attached hydrogens (tertiary/aromatic N) is 1. The second kappa shape index (κ2) is 3.54. The predicted molar refractivity (Wildman–Crippen MR) is 57.8 cm³/mol. The van der Waals surface area contributed by atoms with Gasteiger partial charge in [-0.25, -0.2) is 0 Å². The molecule has 1 aromatic rings. The van der Waals surface area contributed by atoms with Gasteiger partial charge < -0.3 is 0 Å². The van der Waals surface area contributed by atoms with E-state index in [2.05, 4.69) is 4.99 Å². The maximum absolute atomic E-state index is 11.7. The molecule has 0 saturated heterocycles. The highest BCUT2D eigenvalue weighted by atomic mass is 35.5. The maximum Gasteiger partial charge on any atom is 0.170 e. The summed E-state index contributed by atoms with van der Waals surface area (Å²) in [7, 11) is 0. The summed E-state index contributed by atoms with van der Waals surface area (Å²) < 4.78 is 0. The van der Waals surface area contributed by atoms with Gasteiger partial charge in [0.25, 0.3) is 0 Å². The zero-order chi connectivity index (χ0) is 10.1. The molecule has 1 aromatic carbocycles. The van der Waals surface area contributed by atoms with Crippen LogP contribution in [0, 0.1) is 0 Å². The van der Waals surface area contributed by atoms with Crippen LogP contribution >= 0.6 is 11.6 Å². The summed E-state index contributed by atoms with van der Waals surface area (Å²) in [5, 5.41) is 0.557. The smallest absolute Gasteiger partial charge is 0.170 e. The summed E-state index contributed by atoms with van der Waals surface area (Å²) in [5.74, 6) is 0.120. The molecular formula is C11H10ClNO. The topological polar surface area (TPSA) is 29.4 Å². The zero-order valence-corrected chi connectivity index (χ0v) is 8.64. The number of benzene rings is 1. The summed E-state index contributed by atoms with van der Waals surface area (Å²) in [6.07, 6.45) is 1.24. The average Bonchev–Trinajstić information content (AvgIpc) is 2.19. The Labute approximate surface area is 87.6 Å². The van der Waals surface area contributed by atoms with E-state index in [-0.39, 0.29) is 5.78 Å². The van der Waals surface area contributed by atoms with E-state index in [0.29, 0.717) is 22.7 Å². The largest absolute Gasteiger partial charge is 0.294 e. The number of halogens is 1. The maximum atomic E-state index is 11.7. The fourth-order valence-corrected chi connectivity index (χ4v) is 1.75. The summed E-state index contributed by atoms with van der Waals surface area (Å²) in [5.41, 5.74) is 2.20. The van der Waals surface area contributed by atoms with Crippen molar-refractivity contribution in [2.24, 2.45) is 4.99 Å². The molecule has 1 aliphatic rings. The van der Waals surface area contributed by atoms with Crippen molar-refractivity contribution in [2.45, 2.75) is 19.8 Å². The second-order valence-corrected chi connectivity index (χ2v) is 3.67. The van der Waals surface area contributed by atoms with Gasteiger partial charge in [-0.2, -0.15) is 0 Å². The molecule has 72 valence electrons. The minimum absolute atomic E-state index is 0.120. The van der Waals surface area contributed by atoms with Gasteiger partial charge in [0.15, 0.2) is 5.78 Å². The number of carbonyl (C=O) groups is 1. The normalized spacial score (nSPS) is 15.0. The van der Waals surface area contributed by atoms with Crippen LogP contribution in [0.5, 0.6) is 0 Å². The molecule has 0 aliphatic carbocycles. The first-order chi connectivity index (χ1) is 6.72. The van der Waals surface area contributed by atoms with Crippen LogP contribution in [0.25, 0.3) is 0 Å². The fourth-order valence-electron chi connectivity index (χ4n) is 1.54. The molecule has 1 heterocycles. The van der Waals surface area contributed by atoms with E-state index in [0.717, 1.165) is 12.1 Å². The number of para-hydroxylation sites is 1. The number of rotatable bonds is 1. The Kier molecular flexibility index (Phi) is 2.38. The second-order valence-electron chi connectivity index (χ2n) is 3.27. The molecule has 0 atom stereocenters. The van der Waals surface area contributed by atoms with Crippen molar-refractivity contribution in [3.05, 3.63) is 28.8 Å². The molecular weight excluding hydrogens is 198 g/mol. The number of ketones is 1. The number of hydrogen-bond acceptors (Lipinski definition) is 2. The van der Waals surface area contributed by atoms with Crippen molar-refractivity contribution in [1.82, 2.24) is 0 Å². The van der Waals surface area contributed by atoms with Gasteiger partial charge in [0.2, 0.25) is 0 Å². The predicted octanol–water partition coefficient (Wildman–Crippen LogP) is 3.41. The van der Waals surface area contributed by atoms with Gasteiger partial charge in [-0.3, -0.25) is 9.79 Å². The molecule has 0 aromatic heterocycles. The number of fused-ring (bicyclic) bond motifs is 1. The minimum Gasteiger partial charge on any atom is -0.294 e. The molecule has 14 heavy (non-hydrogen) atoms. The Morgan fingerprint density at radius 3 is 3.00 bits per heavy atom. The monoisotopic (exact) mass is 207 g/mol. The van der Waals surface area contributed by atoms with Gasteiger partial charge in [0, 0.05) is 17.7 Å². The SMILES string of the molecule is CCC1=Nc2c(Cl)cccc2C(=O)C1. The number of Topliss-reactive ketones (excluding diaryl/α,β-unsaturated/α-hetero) is 1. The molecule has 2 rings (SSSR count). The molecule has 0 saturated carbocycles. The van der Waals surface area contributed by atoms with Crippen LogP contribution in [0.3, 0.4) is 0 Å². The lowest BCUT2D eigenvalue weighted by Gasteiger charge is -2.14. The van der Waals surface area contributed by atoms with E-state index < -0.39 is 0 Å². The highest BCUT2D eigenvalue weighted by Crippen LogP contribution is 2.33. The zero-order valence-electron chi connectivity index (χ0n) is 7.88. The first-order valence-corrected chi connectivity index (χ1v) is 4.98. The van der Waals surface area contributed by atoms with E-state index in [1.165, 1.54) is 0 Å². The van der Waals surface area contributed by atoms with E-state index in [4.69, 9.17) is 11.6 Å². The number of aliphatic imine (C=N–C) groups is 1. The van der Waals surface area contributed by atoms with E-state index in [1.54, 1.807) is 18.2 Å². The van der Waals surface area contributed by atoms with Crippen LogP contribution < -0.4 is 0 Å². The third-order valence-corrected chi connectivity index (χ3v) is 2.63. The minimum atomic E-state index is 0.120. The third-order valence-electron chi connectivity index (χ3n) is 2.33. The standard InChI is InChI=1S/C11H10ClNO/c1-2-7-6-10(14)8-4-3-5-9(12)11(8)13-7/h3-5H,2,6H2,1H3. The first kappa shape index (κ1) is 9.41. The van der Waals surface area contributed by atoms with Crippen LogP contribution in [0.4, 0.5) is 5.69 Å². The Morgan fingerprint density at radius 1 is 1.50 bits per heavy atom. The summed E-state index contributed by atoms with van der Waals surface area (Å²) in [4.78, 5) is 16.0. The molecule has 2 nitrogen and oxygen atoms in total. The Balaban J connectivity index is 2.61. The third kappa shape index (κ3) is 1.46. The fraction of sp³-hybridized carbons (Fsp3) is 0.273. The van der Waals surface area contributed by atoms with Gasteiger partial charge in [0.05, 0.1) is 10.7 Å². The number of hydrogen-bond donors (Lipinski definition) is 0. The molecule has 0 bridgehead atoms. The average molecular weight is 208 g/mol. The van der Waals surface area contributed by atoms with Crippen molar-refractivity contribution in [1.29, 1.82) is 0 Å². The van der Waals surface area contributed by atoms with Crippen molar-refractivity contribution >= 4 is 28.8 Å². The summed E-state index contributed by atoms with van der Waals surface area (Å²) in [6, 6.07) is 5.32. The lowest BCUT2D eigenvalue weighted by Crippen LogP contribution is -2.12. The summed E-state index contributed by atoms with van der Waals surface area (Å²) in [6.45, 7) is 1.99.